The van der Waals surface area contributed by atoms with E-state index in [1.165, 1.54) is 0 Å². The zero-order chi connectivity index (χ0) is 13.1. The molecular weight excluding hydrogens is 276 g/mol. The van der Waals surface area contributed by atoms with Crippen molar-refractivity contribution in [3.8, 4) is 11.4 Å². The molecule has 3 aromatic rings. The zero-order valence-corrected chi connectivity index (χ0v) is 11.7. The Hall–Kier alpha value is -1.79. The first-order valence-corrected chi connectivity index (χ1v) is 7.22. The van der Waals surface area contributed by atoms with Crippen LogP contribution >= 0.6 is 23.6 Å². The second kappa shape index (κ2) is 5.46. The van der Waals surface area contributed by atoms with Gasteiger partial charge in [-0.15, -0.1) is 11.3 Å². The highest BCUT2D eigenvalue weighted by molar-refractivity contribution is 7.71. The van der Waals surface area contributed by atoms with Crippen LogP contribution in [0, 0.1) is 4.77 Å². The summed E-state index contributed by atoms with van der Waals surface area (Å²) in [4.78, 5) is 4.29. The molecule has 19 heavy (non-hydrogen) atoms. The van der Waals surface area contributed by atoms with Crippen LogP contribution in [0.2, 0.25) is 0 Å². The molecular formula is C13H12N4S2. The number of hydrogen-bond donors (Lipinski definition) is 1. The van der Waals surface area contributed by atoms with Crippen molar-refractivity contribution in [3.63, 3.8) is 0 Å². The van der Waals surface area contributed by atoms with Crippen molar-refractivity contribution in [2.24, 2.45) is 0 Å². The van der Waals surface area contributed by atoms with E-state index < -0.39 is 0 Å². The molecule has 0 spiro atoms. The minimum Gasteiger partial charge on any atom is -0.300 e. The molecule has 0 atom stereocenters. The van der Waals surface area contributed by atoms with E-state index in [4.69, 9.17) is 12.2 Å². The molecule has 1 aromatic carbocycles. The fourth-order valence-electron chi connectivity index (χ4n) is 1.92. The second-order valence-corrected chi connectivity index (χ2v) is 5.41. The Bertz CT molecular complexity index is 698. The Morgan fingerprint density at radius 2 is 2.11 bits per heavy atom. The van der Waals surface area contributed by atoms with Crippen LogP contribution in [0.25, 0.3) is 11.4 Å². The molecule has 0 aliphatic carbocycles. The molecule has 0 aliphatic rings. The summed E-state index contributed by atoms with van der Waals surface area (Å²) in [6.45, 7) is 0.785. The number of thiazole rings is 1. The van der Waals surface area contributed by atoms with Crippen LogP contribution < -0.4 is 0 Å². The largest absolute Gasteiger partial charge is 0.300 e. The monoisotopic (exact) mass is 288 g/mol. The quantitative estimate of drug-likeness (QED) is 0.749. The summed E-state index contributed by atoms with van der Waals surface area (Å²) in [6.07, 6.45) is 2.69. The lowest BCUT2D eigenvalue weighted by atomic mass is 10.2. The summed E-state index contributed by atoms with van der Waals surface area (Å²) in [6, 6.07) is 10.1. The average Bonchev–Trinajstić information content (AvgIpc) is 3.07. The number of aryl methyl sites for hydroxylation is 1. The van der Waals surface area contributed by atoms with Gasteiger partial charge in [0.05, 0.1) is 5.01 Å². The van der Waals surface area contributed by atoms with Gasteiger partial charge in [0.2, 0.25) is 0 Å². The topological polar surface area (TPSA) is 46.5 Å². The number of benzene rings is 1. The molecule has 3 rings (SSSR count). The van der Waals surface area contributed by atoms with Crippen LogP contribution in [0.1, 0.15) is 5.01 Å². The minimum absolute atomic E-state index is 0.649. The van der Waals surface area contributed by atoms with E-state index in [1.54, 1.807) is 11.3 Å². The minimum atomic E-state index is 0.649. The highest BCUT2D eigenvalue weighted by Crippen LogP contribution is 2.17. The van der Waals surface area contributed by atoms with Gasteiger partial charge < -0.3 is 0 Å². The Balaban J connectivity index is 1.89. The van der Waals surface area contributed by atoms with Crippen LogP contribution in [-0.4, -0.2) is 19.7 Å². The van der Waals surface area contributed by atoms with E-state index in [0.717, 1.165) is 29.4 Å². The highest BCUT2D eigenvalue weighted by Gasteiger charge is 2.08. The van der Waals surface area contributed by atoms with Crippen molar-refractivity contribution in [1.82, 2.24) is 19.7 Å². The summed E-state index contributed by atoms with van der Waals surface area (Å²) < 4.78 is 2.67. The van der Waals surface area contributed by atoms with Gasteiger partial charge in [-0.3, -0.25) is 9.67 Å². The third-order valence-electron chi connectivity index (χ3n) is 2.82. The van der Waals surface area contributed by atoms with E-state index in [9.17, 15) is 0 Å². The van der Waals surface area contributed by atoms with Gasteiger partial charge in [-0.2, -0.15) is 5.10 Å². The molecule has 0 bridgehead atoms. The molecule has 0 amide bonds. The lowest BCUT2D eigenvalue weighted by Gasteiger charge is -2.05. The van der Waals surface area contributed by atoms with Gasteiger partial charge in [-0.25, -0.2) is 4.98 Å². The Morgan fingerprint density at radius 3 is 2.84 bits per heavy atom. The summed E-state index contributed by atoms with van der Waals surface area (Å²) in [7, 11) is 0. The van der Waals surface area contributed by atoms with Gasteiger partial charge in [-0.1, -0.05) is 30.3 Å². The van der Waals surface area contributed by atoms with E-state index in [1.807, 2.05) is 46.5 Å². The average molecular weight is 288 g/mol. The van der Waals surface area contributed by atoms with Gasteiger partial charge in [0.1, 0.15) is 0 Å². The zero-order valence-electron chi connectivity index (χ0n) is 10.1. The molecule has 0 aliphatic heterocycles. The molecule has 1 N–H and O–H groups in total. The number of aromatic amines is 1. The number of hydrogen-bond acceptors (Lipinski definition) is 4. The molecule has 0 unspecified atom stereocenters. The van der Waals surface area contributed by atoms with Crippen molar-refractivity contribution in [1.29, 1.82) is 0 Å². The molecule has 0 radical (unpaired) electrons. The Morgan fingerprint density at radius 1 is 1.26 bits per heavy atom. The summed E-state index contributed by atoms with van der Waals surface area (Å²) in [5.74, 6) is 0.877. The normalized spacial score (nSPS) is 10.7. The van der Waals surface area contributed by atoms with Crippen molar-refractivity contribution < 1.29 is 0 Å². The third-order valence-corrected chi connectivity index (χ3v) is 3.97. The first kappa shape index (κ1) is 12.3. The van der Waals surface area contributed by atoms with E-state index in [0.29, 0.717) is 4.77 Å². The number of aromatic nitrogens is 4. The van der Waals surface area contributed by atoms with Crippen LogP contribution in [0.15, 0.2) is 41.9 Å². The van der Waals surface area contributed by atoms with Gasteiger partial charge in [0, 0.05) is 30.1 Å². The predicted molar refractivity (Wildman–Crippen MR) is 78.7 cm³/mol. The smallest absolute Gasteiger partial charge is 0.195 e. The Labute approximate surface area is 119 Å². The highest BCUT2D eigenvalue weighted by atomic mass is 32.1. The molecule has 0 saturated carbocycles. The molecule has 6 heteroatoms. The molecule has 0 fully saturated rings. The maximum atomic E-state index is 5.30. The van der Waals surface area contributed by atoms with Crippen molar-refractivity contribution in [2.45, 2.75) is 13.0 Å². The van der Waals surface area contributed by atoms with Crippen LogP contribution in [0.4, 0.5) is 0 Å². The maximum Gasteiger partial charge on any atom is 0.195 e. The van der Waals surface area contributed by atoms with Gasteiger partial charge in [-0.05, 0) is 12.2 Å². The first-order chi connectivity index (χ1) is 9.34. The van der Waals surface area contributed by atoms with Gasteiger partial charge >= 0.3 is 0 Å². The van der Waals surface area contributed by atoms with Crippen LogP contribution in [0.5, 0.6) is 0 Å². The first-order valence-electron chi connectivity index (χ1n) is 5.93. The van der Waals surface area contributed by atoms with E-state index in [-0.39, 0.29) is 0 Å². The second-order valence-electron chi connectivity index (χ2n) is 4.05. The summed E-state index contributed by atoms with van der Waals surface area (Å²) in [5, 5.41) is 10.3. The number of nitrogens with one attached hydrogen (secondary N) is 1. The molecule has 2 heterocycles. The lowest BCUT2D eigenvalue weighted by molar-refractivity contribution is 0.689. The number of nitrogens with zero attached hydrogens (tertiary/aromatic N) is 3. The fraction of sp³-hybridized carbons (Fsp3) is 0.154. The van der Waals surface area contributed by atoms with Gasteiger partial charge in [0.15, 0.2) is 10.6 Å². The summed E-state index contributed by atoms with van der Waals surface area (Å²) in [5.41, 5.74) is 1.06. The third kappa shape index (κ3) is 2.64. The van der Waals surface area contributed by atoms with E-state index >= 15 is 0 Å². The SMILES string of the molecule is S=c1[nH]nc(-c2ccccc2)n1CCc1nccs1. The maximum absolute atomic E-state index is 5.30. The van der Waals surface area contributed by atoms with Crippen molar-refractivity contribution >= 4 is 23.6 Å². The standard InChI is InChI=1S/C13H12N4S2/c18-13-16-15-12(10-4-2-1-3-5-10)17(13)8-6-11-14-7-9-19-11/h1-5,7,9H,6,8H2,(H,16,18). The number of H-pyrrole nitrogens is 1. The van der Waals surface area contributed by atoms with Gasteiger partial charge in [0.25, 0.3) is 0 Å². The fourth-order valence-corrected chi connectivity index (χ4v) is 2.75. The van der Waals surface area contributed by atoms with Crippen LogP contribution in [0.3, 0.4) is 0 Å². The molecule has 4 nitrogen and oxygen atoms in total. The van der Waals surface area contributed by atoms with Crippen molar-refractivity contribution in [3.05, 3.63) is 51.7 Å². The molecule has 2 aromatic heterocycles. The molecule has 0 saturated heterocycles. The summed E-state index contributed by atoms with van der Waals surface area (Å²) >= 11 is 6.96. The number of rotatable bonds is 4. The van der Waals surface area contributed by atoms with E-state index in [2.05, 4.69) is 15.2 Å². The predicted octanol–water partition coefficient (Wildman–Crippen LogP) is 3.31. The lowest BCUT2D eigenvalue weighted by Crippen LogP contribution is -2.03. The van der Waals surface area contributed by atoms with Crippen LogP contribution in [-0.2, 0) is 13.0 Å². The van der Waals surface area contributed by atoms with Crippen molar-refractivity contribution in [2.75, 3.05) is 0 Å². The Kier molecular flexibility index (Phi) is 3.52. The molecule has 96 valence electrons.